The van der Waals surface area contributed by atoms with E-state index in [0.29, 0.717) is 5.92 Å². The minimum Gasteiger partial charge on any atom is -0.0691 e. The monoisotopic (exact) mass is 334 g/mol. The van der Waals surface area contributed by atoms with Gasteiger partial charge in [0.2, 0.25) is 0 Å². The summed E-state index contributed by atoms with van der Waals surface area (Å²) in [5, 5.41) is 2.66. The second kappa shape index (κ2) is 4.85. The van der Waals surface area contributed by atoms with Crippen molar-refractivity contribution in [2.75, 3.05) is 0 Å². The second-order valence-corrected chi connectivity index (χ2v) is 6.54. The van der Waals surface area contributed by atoms with E-state index < -0.39 is 0 Å². The Morgan fingerprint density at radius 3 is 2.57 bits per heavy atom. The van der Waals surface area contributed by atoms with Gasteiger partial charge in [0.15, 0.2) is 0 Å². The van der Waals surface area contributed by atoms with Gasteiger partial charge in [-0.2, -0.15) is 0 Å². The minimum absolute atomic E-state index is 0.351. The van der Waals surface area contributed by atoms with Crippen molar-refractivity contribution < 1.29 is 0 Å². The fourth-order valence-electron chi connectivity index (χ4n) is 3.36. The highest BCUT2D eigenvalue weighted by molar-refractivity contribution is 9.10. The number of benzene rings is 3. The molecule has 3 aromatic carbocycles. The first kappa shape index (κ1) is 12.8. The number of hydrogen-bond donors (Lipinski definition) is 0. The number of hydrogen-bond acceptors (Lipinski definition) is 0. The maximum absolute atomic E-state index is 3.61. The Morgan fingerprint density at radius 1 is 0.857 bits per heavy atom. The minimum atomic E-state index is 0.351. The Labute approximate surface area is 133 Å². The smallest absolute Gasteiger partial charge is 0.0287 e. The quantitative estimate of drug-likeness (QED) is 0.500. The highest BCUT2D eigenvalue weighted by atomic mass is 79.9. The average Bonchev–Trinajstić information content (AvgIpc) is 2.83. The summed E-state index contributed by atoms with van der Waals surface area (Å²) in [6.45, 7) is 2.21. The zero-order valence-electron chi connectivity index (χ0n) is 11.8. The summed E-state index contributed by atoms with van der Waals surface area (Å²) in [4.78, 5) is 0. The van der Waals surface area contributed by atoms with Gasteiger partial charge in [-0.05, 0) is 52.1 Å². The first-order valence-corrected chi connectivity index (χ1v) is 7.99. The Bertz CT molecular complexity index is 869. The third-order valence-electron chi connectivity index (χ3n) is 4.35. The van der Waals surface area contributed by atoms with E-state index in [1.165, 1.54) is 33.0 Å². The van der Waals surface area contributed by atoms with Gasteiger partial charge in [-0.15, -0.1) is 0 Å². The van der Waals surface area contributed by atoms with Crippen LogP contribution in [0.25, 0.3) is 16.3 Å². The average molecular weight is 335 g/mol. The standard InChI is InChI=1S/C20H15Br/c1-13-11-19(20-12-15(21)9-10-16(13)20)18-8-4-6-14-5-2-3-7-17(14)18/h2-12,19H,1H3. The largest absolute Gasteiger partial charge is 0.0691 e. The van der Waals surface area contributed by atoms with E-state index >= 15 is 0 Å². The molecule has 0 N–H and O–H groups in total. The first-order valence-electron chi connectivity index (χ1n) is 7.20. The summed E-state index contributed by atoms with van der Waals surface area (Å²) in [7, 11) is 0. The van der Waals surface area contributed by atoms with Gasteiger partial charge in [0.25, 0.3) is 0 Å². The van der Waals surface area contributed by atoms with Gasteiger partial charge in [-0.1, -0.05) is 70.5 Å². The van der Waals surface area contributed by atoms with E-state index in [2.05, 4.69) is 89.6 Å². The van der Waals surface area contributed by atoms with E-state index in [4.69, 9.17) is 0 Å². The number of halogens is 1. The van der Waals surface area contributed by atoms with Crippen molar-refractivity contribution >= 4 is 32.3 Å². The van der Waals surface area contributed by atoms with Crippen LogP contribution in [-0.4, -0.2) is 0 Å². The van der Waals surface area contributed by atoms with E-state index in [0.717, 1.165) is 4.47 Å². The van der Waals surface area contributed by atoms with Crippen LogP contribution in [0.5, 0.6) is 0 Å². The van der Waals surface area contributed by atoms with Crippen LogP contribution in [0.2, 0.25) is 0 Å². The summed E-state index contributed by atoms with van der Waals surface area (Å²) in [5.74, 6) is 0.351. The molecule has 0 aromatic heterocycles. The molecule has 0 amide bonds. The highest BCUT2D eigenvalue weighted by Gasteiger charge is 2.23. The molecule has 1 aliphatic carbocycles. The van der Waals surface area contributed by atoms with Gasteiger partial charge < -0.3 is 0 Å². The molecule has 0 heterocycles. The summed E-state index contributed by atoms with van der Waals surface area (Å²) >= 11 is 3.61. The predicted molar refractivity (Wildman–Crippen MR) is 93.6 cm³/mol. The first-order chi connectivity index (χ1) is 10.2. The van der Waals surface area contributed by atoms with Crippen molar-refractivity contribution in [1.29, 1.82) is 0 Å². The molecule has 0 bridgehead atoms. The Balaban J connectivity index is 1.97. The van der Waals surface area contributed by atoms with E-state index in [9.17, 15) is 0 Å². The van der Waals surface area contributed by atoms with Crippen LogP contribution in [0.3, 0.4) is 0 Å². The molecule has 4 rings (SSSR count). The number of fused-ring (bicyclic) bond motifs is 2. The molecular weight excluding hydrogens is 320 g/mol. The van der Waals surface area contributed by atoms with Crippen molar-refractivity contribution in [3.63, 3.8) is 0 Å². The molecule has 1 heteroatoms. The van der Waals surface area contributed by atoms with Gasteiger partial charge in [0.05, 0.1) is 0 Å². The lowest BCUT2D eigenvalue weighted by Crippen LogP contribution is -1.97. The molecule has 0 radical (unpaired) electrons. The summed E-state index contributed by atoms with van der Waals surface area (Å²) in [6.07, 6.45) is 2.39. The van der Waals surface area contributed by atoms with Gasteiger partial charge in [-0.3, -0.25) is 0 Å². The predicted octanol–water partition coefficient (Wildman–Crippen LogP) is 6.15. The van der Waals surface area contributed by atoms with Crippen molar-refractivity contribution in [2.45, 2.75) is 12.8 Å². The third-order valence-corrected chi connectivity index (χ3v) is 4.84. The molecule has 0 nitrogen and oxygen atoms in total. The lowest BCUT2D eigenvalue weighted by atomic mass is 9.89. The van der Waals surface area contributed by atoms with Crippen LogP contribution < -0.4 is 0 Å². The summed E-state index contributed by atoms with van der Waals surface area (Å²) < 4.78 is 1.15. The Hall–Kier alpha value is -1.86. The molecule has 0 saturated carbocycles. The van der Waals surface area contributed by atoms with E-state index in [1.807, 2.05) is 0 Å². The zero-order chi connectivity index (χ0) is 14.4. The second-order valence-electron chi connectivity index (χ2n) is 5.63. The highest BCUT2D eigenvalue weighted by Crippen LogP contribution is 2.42. The molecular formula is C20H15Br. The zero-order valence-corrected chi connectivity index (χ0v) is 13.4. The molecule has 1 unspecified atom stereocenters. The van der Waals surface area contributed by atoms with Crippen LogP contribution in [0, 0.1) is 0 Å². The number of rotatable bonds is 1. The van der Waals surface area contributed by atoms with Crippen molar-refractivity contribution in [3.8, 4) is 0 Å². The molecule has 21 heavy (non-hydrogen) atoms. The topological polar surface area (TPSA) is 0 Å². The summed E-state index contributed by atoms with van der Waals surface area (Å²) in [5.41, 5.74) is 5.54. The van der Waals surface area contributed by atoms with Gasteiger partial charge in [0, 0.05) is 10.4 Å². The fraction of sp³-hybridized carbons (Fsp3) is 0.100. The van der Waals surface area contributed by atoms with E-state index in [1.54, 1.807) is 0 Å². The van der Waals surface area contributed by atoms with Crippen LogP contribution >= 0.6 is 15.9 Å². The van der Waals surface area contributed by atoms with Gasteiger partial charge in [-0.25, -0.2) is 0 Å². The fourth-order valence-corrected chi connectivity index (χ4v) is 3.74. The normalized spacial score (nSPS) is 16.9. The van der Waals surface area contributed by atoms with Gasteiger partial charge >= 0.3 is 0 Å². The maximum atomic E-state index is 3.61. The van der Waals surface area contributed by atoms with E-state index in [-0.39, 0.29) is 0 Å². The molecule has 102 valence electrons. The van der Waals surface area contributed by atoms with Crippen LogP contribution in [0.1, 0.15) is 29.5 Å². The Morgan fingerprint density at radius 2 is 1.67 bits per heavy atom. The van der Waals surface area contributed by atoms with Crippen LogP contribution in [0.15, 0.2) is 71.2 Å². The Kier molecular flexibility index (Phi) is 2.97. The SMILES string of the molecule is CC1=CC(c2cccc3ccccc23)c2cc(Br)ccc21. The van der Waals surface area contributed by atoms with Crippen LogP contribution in [0.4, 0.5) is 0 Å². The van der Waals surface area contributed by atoms with Crippen LogP contribution in [-0.2, 0) is 0 Å². The van der Waals surface area contributed by atoms with Crippen molar-refractivity contribution in [3.05, 3.63) is 87.9 Å². The molecule has 1 aliphatic rings. The van der Waals surface area contributed by atoms with Gasteiger partial charge in [0.1, 0.15) is 0 Å². The number of allylic oxidation sites excluding steroid dienone is 2. The third kappa shape index (κ3) is 2.04. The molecule has 0 aliphatic heterocycles. The molecule has 1 atom stereocenters. The molecule has 0 fully saturated rings. The molecule has 0 spiro atoms. The summed E-state index contributed by atoms with van der Waals surface area (Å²) in [6, 6.07) is 21.9. The van der Waals surface area contributed by atoms with Crippen molar-refractivity contribution in [1.82, 2.24) is 0 Å². The maximum Gasteiger partial charge on any atom is 0.0287 e. The molecule has 0 saturated heterocycles. The van der Waals surface area contributed by atoms with Crippen molar-refractivity contribution in [2.24, 2.45) is 0 Å². The lowest BCUT2D eigenvalue weighted by molar-refractivity contribution is 1.06. The molecule has 3 aromatic rings. The lowest BCUT2D eigenvalue weighted by Gasteiger charge is -2.14.